The van der Waals surface area contributed by atoms with Crippen molar-refractivity contribution in [3.05, 3.63) is 70.8 Å². The van der Waals surface area contributed by atoms with Crippen LogP contribution < -0.4 is 0 Å². The van der Waals surface area contributed by atoms with Gasteiger partial charge in [0.1, 0.15) is 5.71 Å². The molecule has 22 heavy (non-hydrogen) atoms. The first kappa shape index (κ1) is 13.9. The minimum atomic E-state index is 0.0982. The molecule has 4 heteroatoms. The molecule has 0 aliphatic heterocycles. The van der Waals surface area contributed by atoms with Gasteiger partial charge in [0, 0.05) is 23.1 Å². The molecule has 0 atom stereocenters. The molecule has 3 rings (SSSR count). The van der Waals surface area contributed by atoms with Gasteiger partial charge in [0.2, 0.25) is 0 Å². The summed E-state index contributed by atoms with van der Waals surface area (Å²) in [5.74, 6) is 6.49. The van der Waals surface area contributed by atoms with Gasteiger partial charge in [0.25, 0.3) is 0 Å². The maximum atomic E-state index is 9.24. The van der Waals surface area contributed by atoms with E-state index < -0.39 is 0 Å². The lowest BCUT2D eigenvalue weighted by Gasteiger charge is -2.05. The van der Waals surface area contributed by atoms with Crippen molar-refractivity contribution in [1.29, 1.82) is 5.26 Å². The van der Waals surface area contributed by atoms with E-state index in [0.717, 1.165) is 11.1 Å². The number of hydrogen-bond acceptors (Lipinski definition) is 2. The summed E-state index contributed by atoms with van der Waals surface area (Å²) in [6, 6.07) is 17.1. The van der Waals surface area contributed by atoms with Crippen LogP contribution in [-0.4, -0.2) is 25.8 Å². The Bertz CT molecular complexity index is 892. The zero-order chi connectivity index (χ0) is 15.4. The highest BCUT2D eigenvalue weighted by molar-refractivity contribution is 6.23. The van der Waals surface area contributed by atoms with E-state index in [4.69, 9.17) is 7.85 Å². The summed E-state index contributed by atoms with van der Waals surface area (Å²) >= 11 is 0. The minimum Gasteiger partial charge on any atom is -0.276 e. The van der Waals surface area contributed by atoms with Gasteiger partial charge in [-0.2, -0.15) is 5.26 Å². The van der Waals surface area contributed by atoms with Crippen LogP contribution in [0.5, 0.6) is 0 Å². The van der Waals surface area contributed by atoms with Crippen molar-refractivity contribution in [2.24, 2.45) is 9.98 Å². The van der Waals surface area contributed by atoms with Gasteiger partial charge in [0.15, 0.2) is 5.84 Å². The Morgan fingerprint density at radius 1 is 1.09 bits per heavy atom. The monoisotopic (exact) mass is 279 g/mol. The van der Waals surface area contributed by atoms with Gasteiger partial charge >= 0.3 is 0 Å². The van der Waals surface area contributed by atoms with Gasteiger partial charge in [-0.25, -0.2) is 4.99 Å². The molecule has 0 fully saturated rings. The number of nitrogens with zero attached hydrogens (tertiary/aromatic N) is 3. The lowest BCUT2D eigenvalue weighted by Crippen LogP contribution is -2.07. The second-order valence-corrected chi connectivity index (χ2v) is 4.58. The highest BCUT2D eigenvalue weighted by Crippen LogP contribution is 2.16. The van der Waals surface area contributed by atoms with Gasteiger partial charge in [-0.05, 0) is 24.1 Å². The molecule has 3 nitrogen and oxygen atoms in total. The Morgan fingerprint density at radius 2 is 1.86 bits per heavy atom. The molecule has 0 bridgehead atoms. The molecule has 0 heterocycles. The highest BCUT2D eigenvalue weighted by atomic mass is 14.9. The predicted octanol–water partition coefficient (Wildman–Crippen LogP) is 2.29. The van der Waals surface area contributed by atoms with E-state index in [0.29, 0.717) is 22.7 Å². The average molecular weight is 279 g/mol. The Balaban J connectivity index is 2.10. The summed E-state index contributed by atoms with van der Waals surface area (Å²) in [6.07, 6.45) is 0.0982. The topological polar surface area (TPSA) is 48.5 Å². The normalized spacial score (nSPS) is 14.1. The molecule has 0 aromatic heterocycles. The minimum absolute atomic E-state index is 0.0982. The third-order valence-corrected chi connectivity index (χ3v) is 3.24. The van der Waals surface area contributed by atoms with Gasteiger partial charge in [-0.1, -0.05) is 36.3 Å². The van der Waals surface area contributed by atoms with Crippen molar-refractivity contribution in [2.75, 3.05) is 6.44 Å². The molecule has 100 valence electrons. The predicted molar refractivity (Wildman–Crippen MR) is 88.2 cm³/mol. The molecular formula is C18H10BN3. The first-order chi connectivity index (χ1) is 10.8. The van der Waals surface area contributed by atoms with Crippen LogP contribution in [0.3, 0.4) is 0 Å². The number of hydrogen-bond donors (Lipinski definition) is 0. The molecule has 1 aliphatic rings. The summed E-state index contributed by atoms with van der Waals surface area (Å²) in [4.78, 5) is 8.77. The standard InChI is InChI=1S/C18H10BN3/c19-12-21-18(16-8-4-2-6-14(16)11-20)22-17-10-9-13-5-1-3-7-15(13)17/h1-8H,12H2/b21-18-,22-17?. The van der Waals surface area contributed by atoms with Crippen LogP contribution in [0.15, 0.2) is 58.5 Å². The second-order valence-electron chi connectivity index (χ2n) is 4.58. The van der Waals surface area contributed by atoms with Crippen LogP contribution in [0.2, 0.25) is 0 Å². The van der Waals surface area contributed by atoms with Crippen LogP contribution >= 0.6 is 0 Å². The molecule has 0 unspecified atom stereocenters. The van der Waals surface area contributed by atoms with E-state index in [1.807, 2.05) is 36.4 Å². The molecule has 2 radical (unpaired) electrons. The first-order valence-corrected chi connectivity index (χ1v) is 6.77. The van der Waals surface area contributed by atoms with Crippen LogP contribution in [0.1, 0.15) is 22.3 Å². The Morgan fingerprint density at radius 3 is 2.68 bits per heavy atom. The van der Waals surface area contributed by atoms with Gasteiger partial charge < -0.3 is 0 Å². The number of fused-ring (bicyclic) bond motifs is 1. The molecule has 0 N–H and O–H groups in total. The van der Waals surface area contributed by atoms with E-state index >= 15 is 0 Å². The number of benzene rings is 2. The fourth-order valence-electron chi connectivity index (χ4n) is 2.23. The Labute approximate surface area is 130 Å². The lowest BCUT2D eigenvalue weighted by atomic mass is 10.1. The highest BCUT2D eigenvalue weighted by Gasteiger charge is 2.14. The first-order valence-electron chi connectivity index (χ1n) is 6.77. The number of aliphatic imine (C=N–C) groups is 2. The lowest BCUT2D eigenvalue weighted by molar-refractivity contribution is 1.32. The Kier molecular flexibility index (Phi) is 3.85. The average Bonchev–Trinajstić information content (AvgIpc) is 2.97. The maximum Gasteiger partial charge on any atom is 0.156 e. The SMILES string of the molecule is [B]C/N=C(\N=C1C#Cc2ccccc21)c1ccccc1C#N. The fraction of sp³-hybridized carbons (Fsp3) is 0.0556. The van der Waals surface area contributed by atoms with Gasteiger partial charge in [-0.15, -0.1) is 0 Å². The van der Waals surface area contributed by atoms with Crippen molar-refractivity contribution >= 4 is 19.4 Å². The third-order valence-electron chi connectivity index (χ3n) is 3.24. The van der Waals surface area contributed by atoms with E-state index in [-0.39, 0.29) is 6.44 Å². The molecule has 0 saturated heterocycles. The largest absolute Gasteiger partial charge is 0.276 e. The third kappa shape index (κ3) is 2.55. The van der Waals surface area contributed by atoms with Crippen molar-refractivity contribution in [2.45, 2.75) is 0 Å². The molecule has 2 aromatic rings. The number of amidine groups is 1. The van der Waals surface area contributed by atoms with Crippen LogP contribution in [0.4, 0.5) is 0 Å². The second kappa shape index (κ2) is 6.12. The quantitative estimate of drug-likeness (QED) is 0.360. The molecule has 0 amide bonds. The Hall–Kier alpha value is -3.11. The number of nitriles is 1. The van der Waals surface area contributed by atoms with Crippen molar-refractivity contribution in [3.63, 3.8) is 0 Å². The van der Waals surface area contributed by atoms with Gasteiger partial charge in [-0.3, -0.25) is 4.99 Å². The van der Waals surface area contributed by atoms with Crippen molar-refractivity contribution < 1.29 is 0 Å². The van der Waals surface area contributed by atoms with Crippen molar-refractivity contribution in [1.82, 2.24) is 0 Å². The molecule has 1 aliphatic carbocycles. The number of rotatable bonds is 2. The summed E-state index contributed by atoms with van der Waals surface area (Å²) < 4.78 is 0. The summed E-state index contributed by atoms with van der Waals surface area (Å²) in [5.41, 5.74) is 3.71. The van der Waals surface area contributed by atoms with Crippen LogP contribution in [0, 0.1) is 23.2 Å². The van der Waals surface area contributed by atoms with E-state index in [1.165, 1.54) is 0 Å². The van der Waals surface area contributed by atoms with E-state index in [9.17, 15) is 5.26 Å². The summed E-state index contributed by atoms with van der Waals surface area (Å²) in [5, 5.41) is 9.24. The van der Waals surface area contributed by atoms with Crippen LogP contribution in [0.25, 0.3) is 0 Å². The zero-order valence-electron chi connectivity index (χ0n) is 11.7. The van der Waals surface area contributed by atoms with Crippen LogP contribution in [-0.2, 0) is 0 Å². The van der Waals surface area contributed by atoms with E-state index in [1.54, 1.807) is 12.1 Å². The smallest absolute Gasteiger partial charge is 0.156 e. The molecule has 2 aromatic carbocycles. The maximum absolute atomic E-state index is 9.24. The summed E-state index contributed by atoms with van der Waals surface area (Å²) in [7, 11) is 5.55. The summed E-state index contributed by atoms with van der Waals surface area (Å²) in [6.45, 7) is 0. The van der Waals surface area contributed by atoms with E-state index in [2.05, 4.69) is 27.9 Å². The fourth-order valence-corrected chi connectivity index (χ4v) is 2.23. The molecular weight excluding hydrogens is 269 g/mol. The van der Waals surface area contributed by atoms with Gasteiger partial charge in [0.05, 0.1) is 19.5 Å². The molecule has 0 spiro atoms. The van der Waals surface area contributed by atoms with Crippen molar-refractivity contribution in [3.8, 4) is 17.9 Å². The zero-order valence-corrected chi connectivity index (χ0v) is 11.7. The molecule has 0 saturated carbocycles.